The maximum absolute atomic E-state index is 12.7. The molecule has 1 aliphatic rings. The van der Waals surface area contributed by atoms with Crippen LogP contribution in [0.25, 0.3) is 0 Å². The molecule has 1 aromatic carbocycles. The van der Waals surface area contributed by atoms with E-state index in [0.717, 1.165) is 6.42 Å². The Bertz CT molecular complexity index is 778. The number of rotatable bonds is 6. The number of hydrogen-bond donors (Lipinski definition) is 1. The largest absolute Gasteiger partial charge is 0.483 e. The van der Waals surface area contributed by atoms with Gasteiger partial charge >= 0.3 is 6.03 Å². The standard InChI is InChI=1S/C20H25N3O5/c1-26-15-19(24)22-9-5-10-23(12-11-22)20(25)21-17-7-2-3-8-18(17)28-14-16-6-4-13-27-16/h2-4,6-8,13H,5,9-12,14-15H2,1H3,(H,21,25). The van der Waals surface area contributed by atoms with Crippen molar-refractivity contribution in [1.29, 1.82) is 0 Å². The Morgan fingerprint density at radius 2 is 1.86 bits per heavy atom. The van der Waals surface area contributed by atoms with Crippen molar-refractivity contribution in [3.63, 3.8) is 0 Å². The summed E-state index contributed by atoms with van der Waals surface area (Å²) in [4.78, 5) is 28.2. The predicted octanol–water partition coefficient (Wildman–Crippen LogP) is 2.57. The number of nitrogens with zero attached hydrogens (tertiary/aromatic N) is 2. The quantitative estimate of drug-likeness (QED) is 0.824. The van der Waals surface area contributed by atoms with E-state index in [1.165, 1.54) is 7.11 Å². The van der Waals surface area contributed by atoms with Gasteiger partial charge in [-0.05, 0) is 30.7 Å². The molecule has 8 nitrogen and oxygen atoms in total. The lowest BCUT2D eigenvalue weighted by Gasteiger charge is -2.23. The first kappa shape index (κ1) is 19.8. The van der Waals surface area contributed by atoms with Crippen molar-refractivity contribution in [2.75, 3.05) is 45.2 Å². The van der Waals surface area contributed by atoms with Crippen molar-refractivity contribution < 1.29 is 23.5 Å². The number of benzene rings is 1. The summed E-state index contributed by atoms with van der Waals surface area (Å²) in [6.07, 6.45) is 2.31. The lowest BCUT2D eigenvalue weighted by molar-refractivity contribution is -0.134. The van der Waals surface area contributed by atoms with Crippen LogP contribution in [0.15, 0.2) is 47.1 Å². The summed E-state index contributed by atoms with van der Waals surface area (Å²) in [6, 6.07) is 10.7. The number of nitrogens with one attached hydrogen (secondary N) is 1. The van der Waals surface area contributed by atoms with Crippen LogP contribution < -0.4 is 10.1 Å². The molecule has 0 atom stereocenters. The maximum Gasteiger partial charge on any atom is 0.322 e. The highest BCUT2D eigenvalue weighted by Crippen LogP contribution is 2.25. The fourth-order valence-electron chi connectivity index (χ4n) is 3.02. The van der Waals surface area contributed by atoms with Gasteiger partial charge in [-0.1, -0.05) is 12.1 Å². The molecular weight excluding hydrogens is 362 g/mol. The van der Waals surface area contributed by atoms with Gasteiger partial charge in [-0.25, -0.2) is 4.79 Å². The number of carbonyl (C=O) groups is 2. The van der Waals surface area contributed by atoms with Crippen LogP contribution in [0.4, 0.5) is 10.5 Å². The summed E-state index contributed by atoms with van der Waals surface area (Å²) < 4.78 is 16.0. The minimum atomic E-state index is -0.213. The molecule has 150 valence electrons. The summed E-state index contributed by atoms with van der Waals surface area (Å²) in [5.74, 6) is 1.22. The third-order valence-corrected chi connectivity index (χ3v) is 4.48. The smallest absolute Gasteiger partial charge is 0.322 e. The van der Waals surface area contributed by atoms with Gasteiger partial charge in [0.25, 0.3) is 0 Å². The monoisotopic (exact) mass is 387 g/mol. The number of urea groups is 1. The van der Waals surface area contributed by atoms with Gasteiger partial charge in [-0.3, -0.25) is 4.79 Å². The number of anilines is 1. The fraction of sp³-hybridized carbons (Fsp3) is 0.400. The Hall–Kier alpha value is -3.00. The second-order valence-electron chi connectivity index (χ2n) is 6.45. The lowest BCUT2D eigenvalue weighted by Crippen LogP contribution is -2.40. The second-order valence-corrected chi connectivity index (χ2v) is 6.45. The Morgan fingerprint density at radius 1 is 1.07 bits per heavy atom. The number of methoxy groups -OCH3 is 1. The molecule has 1 fully saturated rings. The minimum absolute atomic E-state index is 0.0542. The number of carbonyl (C=O) groups excluding carboxylic acids is 2. The van der Waals surface area contributed by atoms with Gasteiger partial charge in [0.15, 0.2) is 0 Å². The van der Waals surface area contributed by atoms with Crippen molar-refractivity contribution in [2.24, 2.45) is 0 Å². The highest BCUT2D eigenvalue weighted by molar-refractivity contribution is 5.91. The molecule has 3 rings (SSSR count). The first-order chi connectivity index (χ1) is 13.7. The van der Waals surface area contributed by atoms with Crippen LogP contribution in [0.1, 0.15) is 12.2 Å². The zero-order valence-corrected chi connectivity index (χ0v) is 15.9. The number of hydrogen-bond acceptors (Lipinski definition) is 5. The molecule has 1 aromatic heterocycles. The van der Waals surface area contributed by atoms with Gasteiger partial charge in [-0.15, -0.1) is 0 Å². The molecule has 3 amide bonds. The van der Waals surface area contributed by atoms with Crippen LogP contribution in [-0.2, 0) is 16.1 Å². The molecule has 0 spiro atoms. The molecule has 0 unspecified atom stereocenters. The van der Waals surface area contributed by atoms with E-state index in [1.807, 2.05) is 18.2 Å². The number of ether oxygens (including phenoxy) is 2. The van der Waals surface area contributed by atoms with Gasteiger partial charge < -0.3 is 29.0 Å². The summed E-state index contributed by atoms with van der Waals surface area (Å²) >= 11 is 0. The fourth-order valence-corrected chi connectivity index (χ4v) is 3.02. The third-order valence-electron chi connectivity index (χ3n) is 4.48. The molecule has 8 heteroatoms. The Kier molecular flexibility index (Phi) is 6.91. The molecule has 28 heavy (non-hydrogen) atoms. The van der Waals surface area contributed by atoms with Gasteiger partial charge in [0, 0.05) is 33.3 Å². The highest BCUT2D eigenvalue weighted by Gasteiger charge is 2.22. The average Bonchev–Trinajstić information content (AvgIpc) is 3.09. The average molecular weight is 387 g/mol. The molecule has 1 saturated heterocycles. The van der Waals surface area contributed by atoms with E-state index in [4.69, 9.17) is 13.9 Å². The van der Waals surface area contributed by atoms with E-state index < -0.39 is 0 Å². The van der Waals surface area contributed by atoms with Gasteiger partial charge in [-0.2, -0.15) is 0 Å². The van der Waals surface area contributed by atoms with Crippen LogP contribution in [0.5, 0.6) is 5.75 Å². The van der Waals surface area contributed by atoms with E-state index in [2.05, 4.69) is 5.32 Å². The predicted molar refractivity (Wildman–Crippen MR) is 103 cm³/mol. The highest BCUT2D eigenvalue weighted by atomic mass is 16.5. The molecule has 0 bridgehead atoms. The van der Waals surface area contributed by atoms with Crippen molar-refractivity contribution in [3.8, 4) is 5.75 Å². The molecule has 0 saturated carbocycles. The Morgan fingerprint density at radius 3 is 2.64 bits per heavy atom. The topological polar surface area (TPSA) is 84.2 Å². The van der Waals surface area contributed by atoms with Crippen molar-refractivity contribution in [2.45, 2.75) is 13.0 Å². The molecule has 0 radical (unpaired) electrons. The summed E-state index contributed by atoms with van der Waals surface area (Å²) in [5.41, 5.74) is 0.593. The van der Waals surface area contributed by atoms with Crippen LogP contribution >= 0.6 is 0 Å². The van der Waals surface area contributed by atoms with Crippen LogP contribution in [-0.4, -0.2) is 61.6 Å². The molecular formula is C20H25N3O5. The minimum Gasteiger partial charge on any atom is -0.483 e. The van der Waals surface area contributed by atoms with Crippen molar-refractivity contribution >= 4 is 17.6 Å². The van der Waals surface area contributed by atoms with Gasteiger partial charge in [0.05, 0.1) is 12.0 Å². The van der Waals surface area contributed by atoms with Crippen molar-refractivity contribution in [1.82, 2.24) is 9.80 Å². The zero-order valence-electron chi connectivity index (χ0n) is 15.9. The lowest BCUT2D eigenvalue weighted by atomic mass is 10.3. The van der Waals surface area contributed by atoms with E-state index in [0.29, 0.717) is 43.4 Å². The van der Waals surface area contributed by atoms with E-state index in [9.17, 15) is 9.59 Å². The molecule has 2 aromatic rings. The van der Waals surface area contributed by atoms with Gasteiger partial charge in [0.2, 0.25) is 5.91 Å². The summed E-state index contributed by atoms with van der Waals surface area (Å²) in [6.45, 7) is 2.50. The third kappa shape index (κ3) is 5.26. The summed E-state index contributed by atoms with van der Waals surface area (Å²) in [7, 11) is 1.50. The zero-order chi connectivity index (χ0) is 19.8. The summed E-state index contributed by atoms with van der Waals surface area (Å²) in [5, 5.41) is 2.91. The van der Waals surface area contributed by atoms with E-state index >= 15 is 0 Å². The van der Waals surface area contributed by atoms with Crippen molar-refractivity contribution in [3.05, 3.63) is 48.4 Å². The van der Waals surface area contributed by atoms with E-state index in [1.54, 1.807) is 34.3 Å². The first-order valence-corrected chi connectivity index (χ1v) is 9.24. The first-order valence-electron chi connectivity index (χ1n) is 9.24. The number of furan rings is 1. The van der Waals surface area contributed by atoms with Crippen LogP contribution in [0, 0.1) is 0 Å². The molecule has 1 N–H and O–H groups in total. The Labute approximate surface area is 164 Å². The normalized spacial score (nSPS) is 14.5. The van der Waals surface area contributed by atoms with Crippen LogP contribution in [0.3, 0.4) is 0 Å². The van der Waals surface area contributed by atoms with Gasteiger partial charge in [0.1, 0.15) is 24.7 Å². The number of amides is 3. The SMILES string of the molecule is COCC(=O)N1CCCN(C(=O)Nc2ccccc2OCc2ccco2)CC1. The molecule has 1 aliphatic heterocycles. The number of para-hydroxylation sites is 2. The van der Waals surface area contributed by atoms with Crippen LogP contribution in [0.2, 0.25) is 0 Å². The second kappa shape index (κ2) is 9.80. The maximum atomic E-state index is 12.7. The Balaban J connectivity index is 1.58. The van der Waals surface area contributed by atoms with E-state index in [-0.39, 0.29) is 25.2 Å². The molecule has 2 heterocycles. The molecule has 0 aliphatic carbocycles.